The van der Waals surface area contributed by atoms with Crippen molar-refractivity contribution in [2.75, 3.05) is 32.7 Å². The Morgan fingerprint density at radius 2 is 1.79 bits per heavy atom. The first kappa shape index (κ1) is 18.6. The molecule has 1 amide bonds. The van der Waals surface area contributed by atoms with Crippen molar-refractivity contribution < 1.29 is 18.3 Å². The van der Waals surface area contributed by atoms with E-state index in [1.165, 1.54) is 12.1 Å². The van der Waals surface area contributed by atoms with Crippen LogP contribution >= 0.6 is 0 Å². The minimum absolute atomic E-state index is 0.0623. The Hall–Kier alpha value is -1.69. The van der Waals surface area contributed by atoms with Gasteiger partial charge < -0.3 is 9.64 Å². The molecule has 0 unspecified atom stereocenters. The van der Waals surface area contributed by atoms with E-state index in [0.717, 1.165) is 26.1 Å². The molecule has 0 bridgehead atoms. The van der Waals surface area contributed by atoms with Crippen LogP contribution in [0.15, 0.2) is 24.3 Å². The lowest BCUT2D eigenvalue weighted by Gasteiger charge is -2.36. The smallest absolute Gasteiger partial charge is 0.387 e. The lowest BCUT2D eigenvalue weighted by atomic mass is 9.92. The minimum atomic E-state index is -2.94. The van der Waals surface area contributed by atoms with Gasteiger partial charge in [-0.05, 0) is 30.5 Å². The van der Waals surface area contributed by atoms with Crippen LogP contribution in [0.25, 0.3) is 0 Å². The number of para-hydroxylation sites is 1. The van der Waals surface area contributed by atoms with Crippen LogP contribution in [0.4, 0.5) is 8.78 Å². The number of amides is 1. The van der Waals surface area contributed by atoms with E-state index < -0.39 is 6.61 Å². The Balaban J connectivity index is 1.94. The van der Waals surface area contributed by atoms with Gasteiger partial charge in [0.25, 0.3) is 5.91 Å². The zero-order chi connectivity index (χ0) is 17.7. The lowest BCUT2D eigenvalue weighted by molar-refractivity contribution is -0.0503. The van der Waals surface area contributed by atoms with Crippen LogP contribution in [-0.4, -0.2) is 55.0 Å². The second kappa shape index (κ2) is 7.92. The second-order valence-corrected chi connectivity index (χ2v) is 7.32. The predicted molar refractivity (Wildman–Crippen MR) is 89.5 cm³/mol. The maximum Gasteiger partial charge on any atom is 0.387 e. The molecule has 1 aliphatic rings. The highest BCUT2D eigenvalue weighted by molar-refractivity contribution is 5.97. The Labute approximate surface area is 142 Å². The fourth-order valence-electron chi connectivity index (χ4n) is 2.68. The minimum Gasteiger partial charge on any atom is -0.434 e. The molecule has 1 aliphatic heterocycles. The van der Waals surface area contributed by atoms with Gasteiger partial charge in [-0.1, -0.05) is 32.9 Å². The number of hydrogen-bond donors (Lipinski definition) is 0. The van der Waals surface area contributed by atoms with E-state index in [1.807, 2.05) is 0 Å². The molecule has 1 aromatic carbocycles. The van der Waals surface area contributed by atoms with Gasteiger partial charge in [-0.3, -0.25) is 9.69 Å². The van der Waals surface area contributed by atoms with E-state index in [-0.39, 0.29) is 17.2 Å². The fourth-order valence-corrected chi connectivity index (χ4v) is 2.68. The van der Waals surface area contributed by atoms with Crippen LogP contribution < -0.4 is 4.74 Å². The van der Waals surface area contributed by atoms with Gasteiger partial charge in [-0.25, -0.2) is 0 Å². The Morgan fingerprint density at radius 1 is 1.17 bits per heavy atom. The van der Waals surface area contributed by atoms with Crippen molar-refractivity contribution in [1.29, 1.82) is 0 Å². The van der Waals surface area contributed by atoms with Gasteiger partial charge in [0.15, 0.2) is 0 Å². The van der Waals surface area contributed by atoms with Crippen LogP contribution in [-0.2, 0) is 0 Å². The summed E-state index contributed by atoms with van der Waals surface area (Å²) in [4.78, 5) is 16.7. The Bertz CT molecular complexity index is 550. The molecule has 1 saturated heterocycles. The van der Waals surface area contributed by atoms with E-state index in [2.05, 4.69) is 30.4 Å². The molecule has 0 aliphatic carbocycles. The number of benzene rings is 1. The van der Waals surface area contributed by atoms with E-state index in [0.29, 0.717) is 18.5 Å². The number of piperazine rings is 1. The summed E-state index contributed by atoms with van der Waals surface area (Å²) >= 11 is 0. The molecule has 1 fully saturated rings. The van der Waals surface area contributed by atoms with Crippen molar-refractivity contribution in [2.24, 2.45) is 5.41 Å². The molecule has 2 rings (SSSR count). The first-order valence-electron chi connectivity index (χ1n) is 8.32. The highest BCUT2D eigenvalue weighted by atomic mass is 19.3. The summed E-state index contributed by atoms with van der Waals surface area (Å²) in [5.74, 6) is -0.311. The van der Waals surface area contributed by atoms with Gasteiger partial charge >= 0.3 is 6.61 Å². The number of alkyl halides is 2. The Kier molecular flexibility index (Phi) is 6.15. The summed E-state index contributed by atoms with van der Waals surface area (Å²) in [7, 11) is 0. The molecular formula is C18H26F2N2O2. The van der Waals surface area contributed by atoms with E-state index in [1.54, 1.807) is 17.0 Å². The third-order valence-corrected chi connectivity index (χ3v) is 4.17. The number of ether oxygens (including phenoxy) is 1. The molecular weight excluding hydrogens is 314 g/mol. The molecule has 0 N–H and O–H groups in total. The van der Waals surface area contributed by atoms with E-state index in [4.69, 9.17) is 0 Å². The van der Waals surface area contributed by atoms with Crippen molar-refractivity contribution in [3.63, 3.8) is 0 Å². The summed E-state index contributed by atoms with van der Waals surface area (Å²) < 4.78 is 29.4. The summed E-state index contributed by atoms with van der Waals surface area (Å²) in [5, 5.41) is 0. The summed E-state index contributed by atoms with van der Waals surface area (Å²) in [6.45, 7) is 7.54. The van der Waals surface area contributed by atoms with Crippen LogP contribution in [0, 0.1) is 5.41 Å². The van der Waals surface area contributed by atoms with Crippen molar-refractivity contribution in [1.82, 2.24) is 9.80 Å². The monoisotopic (exact) mass is 340 g/mol. The Morgan fingerprint density at radius 3 is 2.38 bits per heavy atom. The standard InChI is InChI=1S/C18H26F2N2O2/c1-18(2,3)8-9-21-10-12-22(13-11-21)16(23)14-6-4-5-7-15(14)24-17(19)20/h4-7,17H,8-13H2,1-3H3. The van der Waals surface area contributed by atoms with Crippen molar-refractivity contribution in [3.8, 4) is 5.75 Å². The zero-order valence-electron chi connectivity index (χ0n) is 14.6. The number of hydrogen-bond acceptors (Lipinski definition) is 3. The van der Waals surface area contributed by atoms with E-state index >= 15 is 0 Å². The normalized spacial score (nSPS) is 16.5. The largest absolute Gasteiger partial charge is 0.434 e. The fraction of sp³-hybridized carbons (Fsp3) is 0.611. The summed E-state index contributed by atoms with van der Waals surface area (Å²) in [5.41, 5.74) is 0.485. The topological polar surface area (TPSA) is 32.8 Å². The highest BCUT2D eigenvalue weighted by Crippen LogP contribution is 2.23. The first-order chi connectivity index (χ1) is 11.3. The molecule has 6 heteroatoms. The third kappa shape index (κ3) is 5.44. The molecule has 134 valence electrons. The maximum absolute atomic E-state index is 12.6. The number of carbonyl (C=O) groups is 1. The SMILES string of the molecule is CC(C)(C)CCN1CCN(C(=O)c2ccccc2OC(F)F)CC1. The lowest BCUT2D eigenvalue weighted by Crippen LogP contribution is -2.49. The highest BCUT2D eigenvalue weighted by Gasteiger charge is 2.25. The molecule has 0 radical (unpaired) electrons. The van der Waals surface area contributed by atoms with Crippen molar-refractivity contribution in [3.05, 3.63) is 29.8 Å². The molecule has 0 spiro atoms. The van der Waals surface area contributed by atoms with Gasteiger partial charge in [0.1, 0.15) is 5.75 Å². The van der Waals surface area contributed by atoms with Gasteiger partial charge in [0.2, 0.25) is 0 Å². The number of rotatable bonds is 5. The van der Waals surface area contributed by atoms with Crippen molar-refractivity contribution in [2.45, 2.75) is 33.8 Å². The van der Waals surface area contributed by atoms with Crippen LogP contribution in [0.3, 0.4) is 0 Å². The average Bonchev–Trinajstić information content (AvgIpc) is 2.52. The van der Waals surface area contributed by atoms with Gasteiger partial charge in [-0.15, -0.1) is 0 Å². The van der Waals surface area contributed by atoms with Gasteiger partial charge in [-0.2, -0.15) is 8.78 Å². The van der Waals surface area contributed by atoms with Crippen molar-refractivity contribution >= 4 is 5.91 Å². The average molecular weight is 340 g/mol. The molecule has 0 saturated carbocycles. The molecule has 0 atom stereocenters. The van der Waals surface area contributed by atoms with E-state index in [9.17, 15) is 13.6 Å². The zero-order valence-corrected chi connectivity index (χ0v) is 14.6. The third-order valence-electron chi connectivity index (χ3n) is 4.17. The van der Waals surface area contributed by atoms with Crippen LogP contribution in [0.2, 0.25) is 0 Å². The predicted octanol–water partition coefficient (Wildman–Crippen LogP) is 3.48. The number of halogens is 2. The van der Waals surface area contributed by atoms with Gasteiger partial charge in [0.05, 0.1) is 5.56 Å². The molecule has 1 heterocycles. The number of nitrogens with zero attached hydrogens (tertiary/aromatic N) is 2. The molecule has 4 nitrogen and oxygen atoms in total. The summed E-state index contributed by atoms with van der Waals surface area (Å²) in [6.07, 6.45) is 1.10. The maximum atomic E-state index is 12.6. The van der Waals surface area contributed by atoms with Gasteiger partial charge in [0, 0.05) is 26.2 Å². The second-order valence-electron chi connectivity index (χ2n) is 7.32. The molecule has 1 aromatic rings. The molecule has 0 aromatic heterocycles. The molecule has 24 heavy (non-hydrogen) atoms. The quantitative estimate of drug-likeness (QED) is 0.823. The summed E-state index contributed by atoms with van der Waals surface area (Å²) in [6, 6.07) is 6.18. The van der Waals surface area contributed by atoms with Crippen LogP contribution in [0.1, 0.15) is 37.6 Å². The number of carbonyl (C=O) groups excluding carboxylic acids is 1. The van der Waals surface area contributed by atoms with Crippen LogP contribution in [0.5, 0.6) is 5.75 Å². The first-order valence-corrected chi connectivity index (χ1v) is 8.32.